The summed E-state index contributed by atoms with van der Waals surface area (Å²) in [4.78, 5) is 15.6. The number of H-pyrrole nitrogens is 1. The molecule has 0 fully saturated rings. The maximum absolute atomic E-state index is 5.95. The van der Waals surface area contributed by atoms with E-state index in [0.717, 1.165) is 41.6 Å². The number of benzene rings is 1. The van der Waals surface area contributed by atoms with Crippen molar-refractivity contribution in [1.82, 2.24) is 19.9 Å². The van der Waals surface area contributed by atoms with Crippen molar-refractivity contribution < 1.29 is 0 Å². The predicted molar refractivity (Wildman–Crippen MR) is 99.8 cm³/mol. The van der Waals surface area contributed by atoms with Crippen molar-refractivity contribution in [1.29, 1.82) is 0 Å². The quantitative estimate of drug-likeness (QED) is 0.687. The SMILES string of the molecule is S=c1ncc2c([nH]1)CCN(Cc1cnc(-c3ccc(Cl)cc3)s1)C2. The Kier molecular flexibility index (Phi) is 4.45. The molecule has 3 aromatic rings. The average molecular weight is 375 g/mol. The summed E-state index contributed by atoms with van der Waals surface area (Å²) in [6.07, 6.45) is 4.84. The molecule has 7 heteroatoms. The van der Waals surface area contributed by atoms with Crippen molar-refractivity contribution in [3.05, 3.63) is 62.6 Å². The molecule has 0 saturated heterocycles. The minimum Gasteiger partial charge on any atom is -0.334 e. The number of hydrogen-bond donors (Lipinski definition) is 1. The smallest absolute Gasteiger partial charge is 0.196 e. The number of fused-ring (bicyclic) bond motifs is 1. The van der Waals surface area contributed by atoms with Crippen LogP contribution in [-0.4, -0.2) is 26.4 Å². The Morgan fingerprint density at radius 2 is 2.04 bits per heavy atom. The molecule has 0 unspecified atom stereocenters. The highest BCUT2D eigenvalue weighted by atomic mass is 35.5. The molecule has 0 amide bonds. The largest absolute Gasteiger partial charge is 0.334 e. The van der Waals surface area contributed by atoms with Gasteiger partial charge in [-0.3, -0.25) is 4.90 Å². The van der Waals surface area contributed by atoms with E-state index in [1.807, 2.05) is 36.7 Å². The Labute approximate surface area is 154 Å². The first-order valence-corrected chi connectivity index (χ1v) is 9.28. The molecule has 0 spiro atoms. The standard InChI is InChI=1S/C17H15ClN4S2/c18-13-3-1-11(2-4-13)16-19-8-14(24-16)10-22-6-5-15-12(9-22)7-20-17(23)21-15/h1-4,7-8H,5-6,9-10H2,(H,20,21,23). The monoisotopic (exact) mass is 374 g/mol. The van der Waals surface area contributed by atoms with Crippen LogP contribution in [0.1, 0.15) is 16.1 Å². The number of aromatic nitrogens is 3. The highest BCUT2D eigenvalue weighted by molar-refractivity contribution is 7.71. The molecular weight excluding hydrogens is 360 g/mol. The van der Waals surface area contributed by atoms with Crippen molar-refractivity contribution in [3.8, 4) is 10.6 Å². The van der Waals surface area contributed by atoms with Gasteiger partial charge in [-0.15, -0.1) is 11.3 Å². The molecule has 2 aromatic heterocycles. The zero-order valence-electron chi connectivity index (χ0n) is 12.8. The number of hydrogen-bond acceptors (Lipinski definition) is 5. The summed E-state index contributed by atoms with van der Waals surface area (Å²) in [5.74, 6) is 0. The van der Waals surface area contributed by atoms with Crippen LogP contribution >= 0.6 is 35.2 Å². The molecule has 1 aliphatic heterocycles. The molecule has 24 heavy (non-hydrogen) atoms. The van der Waals surface area contributed by atoms with Crippen LogP contribution < -0.4 is 0 Å². The van der Waals surface area contributed by atoms with E-state index in [4.69, 9.17) is 23.8 Å². The van der Waals surface area contributed by atoms with Gasteiger partial charge in [-0.05, 0) is 24.4 Å². The summed E-state index contributed by atoms with van der Waals surface area (Å²) in [6, 6.07) is 7.82. The normalized spacial score (nSPS) is 14.5. The molecule has 3 heterocycles. The van der Waals surface area contributed by atoms with Gasteiger partial charge >= 0.3 is 0 Å². The van der Waals surface area contributed by atoms with Gasteiger partial charge in [0.25, 0.3) is 0 Å². The predicted octanol–water partition coefficient (Wildman–Crippen LogP) is 4.47. The molecule has 0 saturated carbocycles. The zero-order chi connectivity index (χ0) is 16.5. The van der Waals surface area contributed by atoms with E-state index in [2.05, 4.69) is 19.9 Å². The first kappa shape index (κ1) is 15.9. The van der Waals surface area contributed by atoms with Gasteiger partial charge in [-0.25, -0.2) is 9.97 Å². The van der Waals surface area contributed by atoms with E-state index < -0.39 is 0 Å². The molecule has 0 aliphatic carbocycles. The summed E-state index contributed by atoms with van der Waals surface area (Å²) >= 11 is 12.8. The van der Waals surface area contributed by atoms with Gasteiger partial charge < -0.3 is 4.98 Å². The number of nitrogens with zero attached hydrogens (tertiary/aromatic N) is 3. The van der Waals surface area contributed by atoms with E-state index in [-0.39, 0.29) is 0 Å². The Bertz CT molecular complexity index is 917. The summed E-state index contributed by atoms with van der Waals surface area (Å²) in [5, 5.41) is 1.78. The van der Waals surface area contributed by atoms with Crippen molar-refractivity contribution in [3.63, 3.8) is 0 Å². The van der Waals surface area contributed by atoms with Gasteiger partial charge in [-0.2, -0.15) is 0 Å². The second kappa shape index (κ2) is 6.72. The van der Waals surface area contributed by atoms with Crippen LogP contribution in [0.5, 0.6) is 0 Å². The third-order valence-corrected chi connectivity index (χ3v) is 5.57. The van der Waals surface area contributed by atoms with Crippen LogP contribution in [0.15, 0.2) is 36.7 Å². The first-order valence-electron chi connectivity index (χ1n) is 7.67. The van der Waals surface area contributed by atoms with E-state index >= 15 is 0 Å². The molecule has 1 aliphatic rings. The molecule has 4 rings (SSSR count). The fourth-order valence-corrected chi connectivity index (χ4v) is 4.13. The van der Waals surface area contributed by atoms with Crippen LogP contribution in [0.2, 0.25) is 5.02 Å². The van der Waals surface area contributed by atoms with Crippen molar-refractivity contribution >= 4 is 35.2 Å². The average Bonchev–Trinajstić information content (AvgIpc) is 3.04. The molecular formula is C17H15ClN4S2. The minimum absolute atomic E-state index is 0.567. The number of nitrogens with one attached hydrogen (secondary N) is 1. The van der Waals surface area contributed by atoms with Crippen LogP contribution in [-0.2, 0) is 19.5 Å². The summed E-state index contributed by atoms with van der Waals surface area (Å²) < 4.78 is 0.567. The van der Waals surface area contributed by atoms with Crippen LogP contribution in [0.25, 0.3) is 10.6 Å². The topological polar surface area (TPSA) is 44.8 Å². The molecule has 1 N–H and O–H groups in total. The molecule has 0 atom stereocenters. The van der Waals surface area contributed by atoms with E-state index in [9.17, 15) is 0 Å². The molecule has 0 bridgehead atoms. The van der Waals surface area contributed by atoms with Crippen molar-refractivity contribution in [2.75, 3.05) is 6.54 Å². The van der Waals surface area contributed by atoms with E-state index in [1.165, 1.54) is 16.1 Å². The second-order valence-electron chi connectivity index (χ2n) is 5.79. The van der Waals surface area contributed by atoms with E-state index in [1.54, 1.807) is 11.3 Å². The zero-order valence-corrected chi connectivity index (χ0v) is 15.2. The number of thiazole rings is 1. The van der Waals surface area contributed by atoms with Gasteiger partial charge in [0.15, 0.2) is 4.77 Å². The molecule has 122 valence electrons. The van der Waals surface area contributed by atoms with Crippen molar-refractivity contribution in [2.24, 2.45) is 0 Å². The summed E-state index contributed by atoms with van der Waals surface area (Å²) in [6.45, 7) is 2.80. The van der Waals surface area contributed by atoms with E-state index in [0.29, 0.717) is 4.77 Å². The third kappa shape index (κ3) is 3.42. The Balaban J connectivity index is 1.48. The molecule has 1 aromatic carbocycles. The molecule has 0 radical (unpaired) electrons. The maximum Gasteiger partial charge on any atom is 0.196 e. The Morgan fingerprint density at radius 1 is 1.21 bits per heavy atom. The van der Waals surface area contributed by atoms with Gasteiger partial charge in [0, 0.05) is 65.2 Å². The Morgan fingerprint density at radius 3 is 2.88 bits per heavy atom. The minimum atomic E-state index is 0.567. The highest BCUT2D eigenvalue weighted by Crippen LogP contribution is 2.28. The van der Waals surface area contributed by atoms with Crippen LogP contribution in [0.3, 0.4) is 0 Å². The van der Waals surface area contributed by atoms with Gasteiger partial charge in [0.2, 0.25) is 0 Å². The molecule has 4 nitrogen and oxygen atoms in total. The lowest BCUT2D eigenvalue weighted by Gasteiger charge is -2.27. The number of aromatic amines is 1. The summed E-state index contributed by atoms with van der Waals surface area (Å²) in [5.41, 5.74) is 3.56. The van der Waals surface area contributed by atoms with Gasteiger partial charge in [0.05, 0.1) is 0 Å². The summed E-state index contributed by atoms with van der Waals surface area (Å²) in [7, 11) is 0. The lowest BCUT2D eigenvalue weighted by Crippen LogP contribution is -2.30. The number of rotatable bonds is 3. The maximum atomic E-state index is 5.95. The second-order valence-corrected chi connectivity index (χ2v) is 7.73. The lowest BCUT2D eigenvalue weighted by molar-refractivity contribution is 0.244. The Hall–Kier alpha value is -1.60. The van der Waals surface area contributed by atoms with Crippen LogP contribution in [0.4, 0.5) is 0 Å². The fourth-order valence-electron chi connectivity index (χ4n) is 2.87. The highest BCUT2D eigenvalue weighted by Gasteiger charge is 2.18. The van der Waals surface area contributed by atoms with Crippen LogP contribution in [0, 0.1) is 4.77 Å². The third-order valence-electron chi connectivity index (χ3n) is 4.08. The van der Waals surface area contributed by atoms with Gasteiger partial charge in [0.1, 0.15) is 5.01 Å². The number of halogens is 1. The lowest BCUT2D eigenvalue weighted by atomic mass is 10.1. The van der Waals surface area contributed by atoms with Crippen molar-refractivity contribution in [2.45, 2.75) is 19.5 Å². The van der Waals surface area contributed by atoms with Gasteiger partial charge in [-0.1, -0.05) is 23.7 Å². The fraction of sp³-hybridized carbons (Fsp3) is 0.235. The first-order chi connectivity index (χ1) is 11.7.